The molecule has 1 amide bonds. The maximum absolute atomic E-state index is 11.9. The first-order valence-electron chi connectivity index (χ1n) is 6.31. The summed E-state index contributed by atoms with van der Waals surface area (Å²) >= 11 is 5.87. The van der Waals surface area contributed by atoms with Crippen molar-refractivity contribution in [3.05, 3.63) is 23.2 Å². The number of hydrogen-bond donors (Lipinski definition) is 1. The summed E-state index contributed by atoms with van der Waals surface area (Å²) in [7, 11) is 1.49. The summed E-state index contributed by atoms with van der Waals surface area (Å²) in [5.41, 5.74) is 0.434. The first-order chi connectivity index (χ1) is 9.47. The maximum Gasteiger partial charge on any atom is 0.306 e. The van der Waals surface area contributed by atoms with E-state index in [1.165, 1.54) is 14.0 Å². The number of carbonyl (C=O) groups excluding carboxylic acids is 2. The van der Waals surface area contributed by atoms with E-state index in [1.807, 2.05) is 6.92 Å². The van der Waals surface area contributed by atoms with Gasteiger partial charge >= 0.3 is 5.97 Å². The van der Waals surface area contributed by atoms with Crippen LogP contribution in [0.1, 0.15) is 26.7 Å². The molecule has 0 saturated carbocycles. The highest BCUT2D eigenvalue weighted by molar-refractivity contribution is 6.31. The first-order valence-corrected chi connectivity index (χ1v) is 6.69. The molecule has 1 atom stereocenters. The van der Waals surface area contributed by atoms with Gasteiger partial charge in [-0.2, -0.15) is 0 Å². The summed E-state index contributed by atoms with van der Waals surface area (Å²) in [6, 6.07) is 4.87. The number of amides is 1. The van der Waals surface area contributed by atoms with E-state index in [1.54, 1.807) is 18.2 Å². The van der Waals surface area contributed by atoms with Crippen molar-refractivity contribution >= 4 is 29.2 Å². The van der Waals surface area contributed by atoms with Crippen molar-refractivity contribution < 1.29 is 19.1 Å². The molecule has 5 nitrogen and oxygen atoms in total. The lowest BCUT2D eigenvalue weighted by Gasteiger charge is -2.15. The number of nitrogens with one attached hydrogen (secondary N) is 1. The minimum Gasteiger partial charge on any atom is -0.495 e. The van der Waals surface area contributed by atoms with Crippen LogP contribution in [0.3, 0.4) is 0 Å². The summed E-state index contributed by atoms with van der Waals surface area (Å²) in [6.45, 7) is 3.38. The molecular weight excluding hydrogens is 282 g/mol. The SMILES string of the molecule is CCCC(=O)O[C@H](C)C(=O)Nc1cc(Cl)ccc1OC. The van der Waals surface area contributed by atoms with Gasteiger partial charge in [0.2, 0.25) is 0 Å². The topological polar surface area (TPSA) is 64.6 Å². The normalized spacial score (nSPS) is 11.6. The fourth-order valence-electron chi connectivity index (χ4n) is 1.53. The Balaban J connectivity index is 2.70. The van der Waals surface area contributed by atoms with Crippen LogP contribution in [0.5, 0.6) is 5.75 Å². The van der Waals surface area contributed by atoms with E-state index in [2.05, 4.69) is 5.32 Å². The molecule has 0 aliphatic heterocycles. The van der Waals surface area contributed by atoms with E-state index in [0.717, 1.165) is 0 Å². The Labute approximate surface area is 123 Å². The second-order valence-corrected chi connectivity index (χ2v) is 4.65. The van der Waals surface area contributed by atoms with Crippen molar-refractivity contribution in [2.45, 2.75) is 32.8 Å². The predicted molar refractivity (Wildman–Crippen MR) is 77.1 cm³/mol. The number of carbonyl (C=O) groups is 2. The molecule has 0 radical (unpaired) electrons. The number of halogens is 1. The van der Waals surface area contributed by atoms with Gasteiger partial charge in [0.25, 0.3) is 5.91 Å². The molecule has 0 bridgehead atoms. The number of hydrogen-bond acceptors (Lipinski definition) is 4. The third-order valence-electron chi connectivity index (χ3n) is 2.55. The highest BCUT2D eigenvalue weighted by Crippen LogP contribution is 2.27. The van der Waals surface area contributed by atoms with Gasteiger partial charge in [-0.25, -0.2) is 0 Å². The second-order valence-electron chi connectivity index (χ2n) is 4.22. The molecule has 1 aromatic carbocycles. The van der Waals surface area contributed by atoms with Crippen LogP contribution in [0.2, 0.25) is 5.02 Å². The minimum absolute atomic E-state index is 0.290. The second kappa shape index (κ2) is 7.75. The monoisotopic (exact) mass is 299 g/mol. The molecule has 0 aliphatic rings. The van der Waals surface area contributed by atoms with Gasteiger partial charge in [-0.15, -0.1) is 0 Å². The van der Waals surface area contributed by atoms with Crippen molar-refractivity contribution in [3.63, 3.8) is 0 Å². The predicted octanol–water partition coefficient (Wildman–Crippen LogP) is 3.02. The van der Waals surface area contributed by atoms with E-state index >= 15 is 0 Å². The zero-order chi connectivity index (χ0) is 15.1. The third kappa shape index (κ3) is 4.74. The van der Waals surface area contributed by atoms with Crippen LogP contribution in [-0.2, 0) is 14.3 Å². The summed E-state index contributed by atoms with van der Waals surface area (Å²) in [4.78, 5) is 23.3. The Morgan fingerprint density at radius 3 is 2.70 bits per heavy atom. The van der Waals surface area contributed by atoms with Crippen LogP contribution in [0, 0.1) is 0 Å². The molecule has 6 heteroatoms. The standard InChI is InChI=1S/C14H18ClNO4/c1-4-5-13(17)20-9(2)14(18)16-11-8-10(15)6-7-12(11)19-3/h6-9H,4-5H2,1-3H3,(H,16,18)/t9-/m1/s1. The summed E-state index contributed by atoms with van der Waals surface area (Å²) in [5, 5.41) is 3.09. The van der Waals surface area contributed by atoms with Crippen molar-refractivity contribution in [1.82, 2.24) is 0 Å². The number of benzene rings is 1. The number of esters is 1. The van der Waals surface area contributed by atoms with Crippen molar-refractivity contribution in [3.8, 4) is 5.75 Å². The number of methoxy groups -OCH3 is 1. The Morgan fingerprint density at radius 1 is 1.40 bits per heavy atom. The summed E-state index contributed by atoms with van der Waals surface area (Å²) < 4.78 is 10.1. The van der Waals surface area contributed by atoms with Gasteiger partial charge in [-0.05, 0) is 31.5 Å². The molecular formula is C14H18ClNO4. The molecule has 0 saturated heterocycles. The smallest absolute Gasteiger partial charge is 0.306 e. The van der Waals surface area contributed by atoms with Gasteiger partial charge in [-0.3, -0.25) is 9.59 Å². The van der Waals surface area contributed by atoms with Crippen LogP contribution in [0.25, 0.3) is 0 Å². The van der Waals surface area contributed by atoms with E-state index < -0.39 is 18.0 Å². The van der Waals surface area contributed by atoms with Crippen molar-refractivity contribution in [2.75, 3.05) is 12.4 Å². The quantitative estimate of drug-likeness (QED) is 0.820. The molecule has 20 heavy (non-hydrogen) atoms. The highest BCUT2D eigenvalue weighted by atomic mass is 35.5. The van der Waals surface area contributed by atoms with Gasteiger partial charge in [-0.1, -0.05) is 18.5 Å². The van der Waals surface area contributed by atoms with E-state index in [9.17, 15) is 9.59 Å². The molecule has 0 heterocycles. The van der Waals surface area contributed by atoms with E-state index in [4.69, 9.17) is 21.1 Å². The van der Waals surface area contributed by atoms with E-state index in [-0.39, 0.29) is 6.42 Å². The summed E-state index contributed by atoms with van der Waals surface area (Å²) in [6.07, 6.45) is 0.0886. The highest BCUT2D eigenvalue weighted by Gasteiger charge is 2.18. The fourth-order valence-corrected chi connectivity index (χ4v) is 1.70. The molecule has 0 aliphatic carbocycles. The summed E-state index contributed by atoms with van der Waals surface area (Å²) in [5.74, 6) is -0.349. The fraction of sp³-hybridized carbons (Fsp3) is 0.429. The first kappa shape index (κ1) is 16.3. The molecule has 1 aromatic rings. The lowest BCUT2D eigenvalue weighted by atomic mass is 10.2. The molecule has 0 spiro atoms. The zero-order valence-corrected chi connectivity index (χ0v) is 12.5. The largest absolute Gasteiger partial charge is 0.495 e. The molecule has 110 valence electrons. The van der Waals surface area contributed by atoms with Gasteiger partial charge in [0.15, 0.2) is 6.10 Å². The maximum atomic E-state index is 11.9. The lowest BCUT2D eigenvalue weighted by molar-refractivity contribution is -0.153. The molecule has 1 rings (SSSR count). The lowest BCUT2D eigenvalue weighted by Crippen LogP contribution is -2.30. The number of rotatable bonds is 6. The van der Waals surface area contributed by atoms with Crippen LogP contribution in [-0.4, -0.2) is 25.1 Å². The molecule has 0 unspecified atom stereocenters. The average Bonchev–Trinajstić information content (AvgIpc) is 2.39. The van der Waals surface area contributed by atoms with E-state index in [0.29, 0.717) is 22.9 Å². The van der Waals surface area contributed by atoms with Crippen LogP contribution in [0.4, 0.5) is 5.69 Å². The Morgan fingerprint density at radius 2 is 2.10 bits per heavy atom. The zero-order valence-electron chi connectivity index (χ0n) is 11.7. The van der Waals surface area contributed by atoms with Crippen LogP contribution in [0.15, 0.2) is 18.2 Å². The third-order valence-corrected chi connectivity index (χ3v) is 2.79. The average molecular weight is 300 g/mol. The number of ether oxygens (including phenoxy) is 2. The molecule has 0 fully saturated rings. The van der Waals surface area contributed by atoms with Gasteiger partial charge in [0.1, 0.15) is 5.75 Å². The van der Waals surface area contributed by atoms with Gasteiger partial charge in [0, 0.05) is 11.4 Å². The van der Waals surface area contributed by atoms with Gasteiger partial charge in [0.05, 0.1) is 12.8 Å². The molecule has 1 N–H and O–H groups in total. The number of anilines is 1. The van der Waals surface area contributed by atoms with Crippen LogP contribution >= 0.6 is 11.6 Å². The minimum atomic E-state index is -0.877. The van der Waals surface area contributed by atoms with Gasteiger partial charge < -0.3 is 14.8 Å². The molecule has 0 aromatic heterocycles. The Kier molecular flexibility index (Phi) is 6.31. The van der Waals surface area contributed by atoms with Crippen molar-refractivity contribution in [2.24, 2.45) is 0 Å². The Hall–Kier alpha value is -1.75. The Bertz CT molecular complexity index is 490. The van der Waals surface area contributed by atoms with Crippen LogP contribution < -0.4 is 10.1 Å². The van der Waals surface area contributed by atoms with Crippen molar-refractivity contribution in [1.29, 1.82) is 0 Å².